The maximum atomic E-state index is 12.6. The fourth-order valence-electron chi connectivity index (χ4n) is 3.05. The Morgan fingerprint density at radius 2 is 2.12 bits per heavy atom. The van der Waals surface area contributed by atoms with Crippen molar-refractivity contribution in [3.05, 3.63) is 47.9 Å². The summed E-state index contributed by atoms with van der Waals surface area (Å²) in [5.74, 6) is 1.97. The van der Waals surface area contributed by atoms with Gasteiger partial charge in [-0.25, -0.2) is 9.97 Å². The van der Waals surface area contributed by atoms with E-state index in [0.29, 0.717) is 30.3 Å². The summed E-state index contributed by atoms with van der Waals surface area (Å²) in [5.41, 5.74) is 6.39. The number of benzene rings is 1. The first-order valence-corrected chi connectivity index (χ1v) is 8.28. The zero-order chi connectivity index (χ0) is 17.8. The number of carbonyl (C=O) groups excluding carboxylic acids is 1. The van der Waals surface area contributed by atoms with E-state index >= 15 is 0 Å². The highest BCUT2D eigenvalue weighted by atomic mass is 16.5. The van der Waals surface area contributed by atoms with Crippen LogP contribution in [0.2, 0.25) is 0 Å². The monoisotopic (exact) mass is 341 g/mol. The highest BCUT2D eigenvalue weighted by Crippen LogP contribution is 2.20. The van der Waals surface area contributed by atoms with Crippen LogP contribution in [0.25, 0.3) is 0 Å². The molecule has 7 nitrogen and oxygen atoms in total. The Balaban J connectivity index is 1.59. The maximum absolute atomic E-state index is 12.6. The third-order valence-electron chi connectivity index (χ3n) is 4.53. The zero-order valence-corrected chi connectivity index (χ0v) is 14.6. The quantitative estimate of drug-likeness (QED) is 0.885. The van der Waals surface area contributed by atoms with Gasteiger partial charge in [0.05, 0.1) is 13.7 Å². The molecule has 0 radical (unpaired) electrons. The molecule has 1 atom stereocenters. The summed E-state index contributed by atoms with van der Waals surface area (Å²) in [6.45, 7) is 2.06. The third-order valence-corrected chi connectivity index (χ3v) is 4.53. The number of nitrogens with zero attached hydrogens (tertiary/aromatic N) is 4. The second-order valence-electron chi connectivity index (χ2n) is 6.24. The van der Waals surface area contributed by atoms with Gasteiger partial charge < -0.3 is 15.4 Å². The SMILES string of the molecule is COc1ccc(C(=O)N2CCC(N(C)Cc3nccc(N)n3)C2)cc1. The largest absolute Gasteiger partial charge is 0.497 e. The van der Waals surface area contributed by atoms with Crippen molar-refractivity contribution in [2.24, 2.45) is 0 Å². The lowest BCUT2D eigenvalue weighted by atomic mass is 10.2. The van der Waals surface area contributed by atoms with Gasteiger partial charge >= 0.3 is 0 Å². The van der Waals surface area contributed by atoms with Gasteiger partial charge in [0.15, 0.2) is 0 Å². The first kappa shape index (κ1) is 17.2. The van der Waals surface area contributed by atoms with Crippen LogP contribution in [0.15, 0.2) is 36.5 Å². The standard InChI is InChI=1S/C18H23N5O2/c1-22(12-17-20-9-7-16(19)21-17)14-8-10-23(11-14)18(24)13-3-5-15(25-2)6-4-13/h3-7,9,14H,8,10-12H2,1-2H3,(H2,19,20,21). The van der Waals surface area contributed by atoms with E-state index in [9.17, 15) is 4.79 Å². The van der Waals surface area contributed by atoms with Crippen LogP contribution in [-0.2, 0) is 6.54 Å². The van der Waals surface area contributed by atoms with Crippen LogP contribution < -0.4 is 10.5 Å². The van der Waals surface area contributed by atoms with E-state index in [1.807, 2.05) is 24.1 Å². The minimum atomic E-state index is 0.0544. The first-order valence-electron chi connectivity index (χ1n) is 8.28. The molecule has 7 heteroatoms. The average Bonchev–Trinajstić information content (AvgIpc) is 3.11. The Morgan fingerprint density at radius 3 is 2.80 bits per heavy atom. The van der Waals surface area contributed by atoms with Crippen molar-refractivity contribution in [1.29, 1.82) is 0 Å². The number of aromatic nitrogens is 2. The first-order chi connectivity index (χ1) is 12.1. The molecule has 0 aliphatic carbocycles. The van der Waals surface area contributed by atoms with Crippen molar-refractivity contribution in [1.82, 2.24) is 19.8 Å². The molecule has 1 fully saturated rings. The van der Waals surface area contributed by atoms with Gasteiger partial charge in [0.2, 0.25) is 0 Å². The van der Waals surface area contributed by atoms with Crippen LogP contribution in [-0.4, -0.2) is 59.0 Å². The summed E-state index contributed by atoms with van der Waals surface area (Å²) in [6.07, 6.45) is 2.60. The van der Waals surface area contributed by atoms with Gasteiger partial charge in [0, 0.05) is 30.9 Å². The number of anilines is 1. The molecule has 3 rings (SSSR count). The molecule has 1 saturated heterocycles. The van der Waals surface area contributed by atoms with Crippen LogP contribution in [0.3, 0.4) is 0 Å². The normalized spacial score (nSPS) is 17.1. The molecule has 2 N–H and O–H groups in total. The van der Waals surface area contributed by atoms with Crippen LogP contribution in [0.1, 0.15) is 22.6 Å². The minimum absolute atomic E-state index is 0.0544. The number of amides is 1. The summed E-state index contributed by atoms with van der Waals surface area (Å²) in [4.78, 5) is 25.2. The summed E-state index contributed by atoms with van der Waals surface area (Å²) >= 11 is 0. The number of likely N-dealkylation sites (tertiary alicyclic amines) is 1. The van der Waals surface area contributed by atoms with E-state index in [1.165, 1.54) is 0 Å². The minimum Gasteiger partial charge on any atom is -0.497 e. The van der Waals surface area contributed by atoms with Gasteiger partial charge in [-0.15, -0.1) is 0 Å². The second kappa shape index (κ2) is 7.48. The lowest BCUT2D eigenvalue weighted by Gasteiger charge is -2.24. The second-order valence-corrected chi connectivity index (χ2v) is 6.24. The number of methoxy groups -OCH3 is 1. The number of hydrogen-bond donors (Lipinski definition) is 1. The Bertz CT molecular complexity index is 735. The number of carbonyl (C=O) groups is 1. The van der Waals surface area contributed by atoms with E-state index in [1.54, 1.807) is 31.5 Å². The molecule has 25 heavy (non-hydrogen) atoms. The van der Waals surface area contributed by atoms with Gasteiger partial charge in [-0.3, -0.25) is 9.69 Å². The van der Waals surface area contributed by atoms with Gasteiger partial charge in [0.25, 0.3) is 5.91 Å². The molecule has 0 spiro atoms. The number of rotatable bonds is 5. The highest BCUT2D eigenvalue weighted by molar-refractivity contribution is 5.94. The smallest absolute Gasteiger partial charge is 0.253 e. The molecule has 2 heterocycles. The maximum Gasteiger partial charge on any atom is 0.253 e. The predicted molar refractivity (Wildman–Crippen MR) is 95.2 cm³/mol. The van der Waals surface area contributed by atoms with Crippen LogP contribution in [0.5, 0.6) is 5.75 Å². The van der Waals surface area contributed by atoms with Gasteiger partial charge in [-0.1, -0.05) is 0 Å². The molecule has 0 saturated carbocycles. The van der Waals surface area contributed by atoms with E-state index < -0.39 is 0 Å². The van der Waals surface area contributed by atoms with E-state index in [2.05, 4.69) is 14.9 Å². The molecular weight excluding hydrogens is 318 g/mol. The molecule has 1 aliphatic rings. The highest BCUT2D eigenvalue weighted by Gasteiger charge is 2.29. The van der Waals surface area contributed by atoms with Gasteiger partial charge in [0.1, 0.15) is 17.4 Å². The molecule has 1 aliphatic heterocycles. The van der Waals surface area contributed by atoms with Crippen LogP contribution >= 0.6 is 0 Å². The summed E-state index contributed by atoms with van der Waals surface area (Å²) < 4.78 is 5.14. The number of nitrogen functional groups attached to an aromatic ring is 1. The Morgan fingerprint density at radius 1 is 1.36 bits per heavy atom. The Labute approximate surface area is 147 Å². The molecule has 1 aromatic heterocycles. The third kappa shape index (κ3) is 4.06. The number of nitrogens with two attached hydrogens (primary N) is 1. The molecule has 1 unspecified atom stereocenters. The van der Waals surface area contributed by atoms with E-state index in [0.717, 1.165) is 18.7 Å². The average molecular weight is 341 g/mol. The topological polar surface area (TPSA) is 84.6 Å². The molecule has 2 aromatic rings. The van der Waals surface area contributed by atoms with Crippen molar-refractivity contribution < 1.29 is 9.53 Å². The van der Waals surface area contributed by atoms with E-state index in [-0.39, 0.29) is 11.9 Å². The summed E-state index contributed by atoms with van der Waals surface area (Å²) in [5, 5.41) is 0. The van der Waals surface area contributed by atoms with Crippen LogP contribution in [0.4, 0.5) is 5.82 Å². The van der Waals surface area contributed by atoms with Crippen molar-refractivity contribution in [2.45, 2.75) is 19.0 Å². The van der Waals surface area contributed by atoms with Crippen molar-refractivity contribution in [3.8, 4) is 5.75 Å². The van der Waals surface area contributed by atoms with Gasteiger partial charge in [-0.05, 0) is 43.8 Å². The lowest BCUT2D eigenvalue weighted by molar-refractivity contribution is 0.0779. The lowest BCUT2D eigenvalue weighted by Crippen LogP contribution is -2.36. The molecular formula is C18H23N5O2. The number of hydrogen-bond acceptors (Lipinski definition) is 6. The van der Waals surface area contributed by atoms with Crippen LogP contribution in [0, 0.1) is 0 Å². The molecule has 1 amide bonds. The number of likely N-dealkylation sites (N-methyl/N-ethyl adjacent to an activating group) is 1. The van der Waals surface area contributed by atoms with Crippen molar-refractivity contribution >= 4 is 11.7 Å². The predicted octanol–water partition coefficient (Wildman–Crippen LogP) is 1.41. The van der Waals surface area contributed by atoms with Crippen molar-refractivity contribution in [2.75, 3.05) is 33.0 Å². The molecule has 132 valence electrons. The molecule has 1 aromatic carbocycles. The Kier molecular flexibility index (Phi) is 5.14. The summed E-state index contributed by atoms with van der Waals surface area (Å²) in [6, 6.07) is 9.19. The fraction of sp³-hybridized carbons (Fsp3) is 0.389. The Hall–Kier alpha value is -2.67. The zero-order valence-electron chi connectivity index (χ0n) is 14.6. The van der Waals surface area contributed by atoms with E-state index in [4.69, 9.17) is 10.5 Å². The molecule has 0 bridgehead atoms. The number of ether oxygens (including phenoxy) is 1. The van der Waals surface area contributed by atoms with Crippen molar-refractivity contribution in [3.63, 3.8) is 0 Å². The van der Waals surface area contributed by atoms with Gasteiger partial charge in [-0.2, -0.15) is 0 Å². The summed E-state index contributed by atoms with van der Waals surface area (Å²) in [7, 11) is 3.64. The fourth-order valence-corrected chi connectivity index (χ4v) is 3.05.